The van der Waals surface area contributed by atoms with Crippen LogP contribution in [0.25, 0.3) is 0 Å². The van der Waals surface area contributed by atoms with Crippen molar-refractivity contribution in [3.63, 3.8) is 0 Å². The molecule has 0 radical (unpaired) electrons. The Labute approximate surface area is 124 Å². The highest BCUT2D eigenvalue weighted by Crippen LogP contribution is 2.38. The van der Waals surface area contributed by atoms with Crippen molar-refractivity contribution < 1.29 is 9.47 Å². The number of hydrazine groups is 1. The van der Waals surface area contributed by atoms with Crippen LogP contribution in [-0.2, 0) is 6.42 Å². The molecule has 110 valence electrons. The molecular weight excluding hydrogens is 264 g/mol. The summed E-state index contributed by atoms with van der Waals surface area (Å²) in [5.74, 6) is 7.61. The number of aryl methyl sites for hydroxylation is 1. The number of rotatable bonds is 4. The average molecular weight is 284 g/mol. The molecule has 1 unspecified atom stereocenters. The molecule has 2 aromatic carbocycles. The summed E-state index contributed by atoms with van der Waals surface area (Å²) in [6.07, 6.45) is 0.950. The van der Waals surface area contributed by atoms with E-state index in [4.69, 9.17) is 15.3 Å². The summed E-state index contributed by atoms with van der Waals surface area (Å²) in [6.45, 7) is 2.77. The van der Waals surface area contributed by atoms with Crippen LogP contribution in [0.1, 0.15) is 28.3 Å². The summed E-state index contributed by atoms with van der Waals surface area (Å²) in [5.41, 5.74) is 7.35. The van der Waals surface area contributed by atoms with Crippen molar-refractivity contribution in [2.45, 2.75) is 19.4 Å². The lowest BCUT2D eigenvalue weighted by molar-refractivity contribution is 0.349. The van der Waals surface area contributed by atoms with E-state index >= 15 is 0 Å². The molecule has 1 heterocycles. The number of hydrogen-bond acceptors (Lipinski definition) is 4. The van der Waals surface area contributed by atoms with Gasteiger partial charge in [0.1, 0.15) is 11.5 Å². The van der Waals surface area contributed by atoms with Gasteiger partial charge in [-0.25, -0.2) is 5.43 Å². The summed E-state index contributed by atoms with van der Waals surface area (Å²) >= 11 is 0. The fourth-order valence-corrected chi connectivity index (χ4v) is 2.87. The van der Waals surface area contributed by atoms with E-state index in [1.165, 1.54) is 5.56 Å². The van der Waals surface area contributed by atoms with E-state index in [0.29, 0.717) is 0 Å². The normalized spacial score (nSPS) is 14.4. The molecule has 1 aliphatic rings. The van der Waals surface area contributed by atoms with Crippen molar-refractivity contribution >= 4 is 0 Å². The second kappa shape index (κ2) is 5.76. The predicted octanol–water partition coefficient (Wildman–Crippen LogP) is 2.49. The van der Waals surface area contributed by atoms with Crippen molar-refractivity contribution in [2.24, 2.45) is 5.84 Å². The molecule has 0 spiro atoms. The predicted molar refractivity (Wildman–Crippen MR) is 82.5 cm³/mol. The fourth-order valence-electron chi connectivity index (χ4n) is 2.87. The molecule has 3 N–H and O–H groups in total. The van der Waals surface area contributed by atoms with Crippen LogP contribution in [0.3, 0.4) is 0 Å². The van der Waals surface area contributed by atoms with Crippen LogP contribution in [0.15, 0.2) is 36.4 Å². The number of methoxy groups -OCH3 is 1. The Bertz CT molecular complexity index is 655. The number of fused-ring (bicyclic) bond motifs is 1. The van der Waals surface area contributed by atoms with Crippen LogP contribution < -0.4 is 20.7 Å². The molecule has 0 saturated heterocycles. The number of nitrogens with two attached hydrogens (primary N) is 1. The van der Waals surface area contributed by atoms with E-state index < -0.39 is 0 Å². The topological polar surface area (TPSA) is 56.5 Å². The molecule has 4 nitrogen and oxygen atoms in total. The zero-order valence-corrected chi connectivity index (χ0v) is 12.3. The highest BCUT2D eigenvalue weighted by Gasteiger charge is 2.24. The molecule has 1 aliphatic heterocycles. The largest absolute Gasteiger partial charge is 0.496 e. The molecule has 0 amide bonds. The molecule has 0 bridgehead atoms. The van der Waals surface area contributed by atoms with Gasteiger partial charge < -0.3 is 9.47 Å². The maximum Gasteiger partial charge on any atom is 0.127 e. The van der Waals surface area contributed by atoms with Crippen LogP contribution in [-0.4, -0.2) is 13.7 Å². The Kier molecular flexibility index (Phi) is 3.82. The van der Waals surface area contributed by atoms with Gasteiger partial charge in [-0.05, 0) is 24.1 Å². The lowest BCUT2D eigenvalue weighted by Crippen LogP contribution is -2.29. The molecule has 4 heteroatoms. The number of ether oxygens (including phenoxy) is 2. The number of nitrogens with one attached hydrogen (secondary N) is 1. The average Bonchev–Trinajstić information content (AvgIpc) is 2.98. The number of para-hydroxylation sites is 1. The van der Waals surface area contributed by atoms with E-state index in [9.17, 15) is 0 Å². The smallest absolute Gasteiger partial charge is 0.127 e. The molecule has 3 rings (SSSR count). The van der Waals surface area contributed by atoms with Gasteiger partial charge in [0.2, 0.25) is 0 Å². The van der Waals surface area contributed by atoms with Crippen molar-refractivity contribution in [2.75, 3.05) is 13.7 Å². The monoisotopic (exact) mass is 284 g/mol. The third kappa shape index (κ3) is 2.48. The maximum absolute atomic E-state index is 5.83. The SMILES string of the molecule is COc1cc(C)ccc1C(NN)c1cccc2c1OCC2. The van der Waals surface area contributed by atoms with E-state index in [0.717, 1.165) is 41.2 Å². The lowest BCUT2D eigenvalue weighted by atomic mass is 9.95. The molecule has 21 heavy (non-hydrogen) atoms. The zero-order valence-electron chi connectivity index (χ0n) is 12.3. The van der Waals surface area contributed by atoms with Gasteiger partial charge in [0.05, 0.1) is 19.8 Å². The quantitative estimate of drug-likeness (QED) is 0.669. The van der Waals surface area contributed by atoms with Crippen LogP contribution in [0.4, 0.5) is 0 Å². The van der Waals surface area contributed by atoms with Gasteiger partial charge in [-0.15, -0.1) is 0 Å². The second-order valence-electron chi connectivity index (χ2n) is 5.28. The van der Waals surface area contributed by atoms with Gasteiger partial charge in [0.15, 0.2) is 0 Å². The minimum Gasteiger partial charge on any atom is -0.496 e. The first-order valence-electron chi connectivity index (χ1n) is 7.10. The highest BCUT2D eigenvalue weighted by molar-refractivity contribution is 5.51. The molecule has 2 aromatic rings. The molecule has 0 saturated carbocycles. The summed E-state index contributed by atoms with van der Waals surface area (Å²) < 4.78 is 11.3. The van der Waals surface area contributed by atoms with Gasteiger partial charge in [-0.3, -0.25) is 5.84 Å². The first-order chi connectivity index (χ1) is 10.2. The number of benzene rings is 2. The molecule has 1 atom stereocenters. The van der Waals surface area contributed by atoms with Crippen LogP contribution in [0.2, 0.25) is 0 Å². The summed E-state index contributed by atoms with van der Waals surface area (Å²) in [6, 6.07) is 12.2. The number of hydrogen-bond donors (Lipinski definition) is 2. The van der Waals surface area contributed by atoms with Gasteiger partial charge in [0, 0.05) is 17.5 Å². The highest BCUT2D eigenvalue weighted by atomic mass is 16.5. The minimum atomic E-state index is -0.159. The van der Waals surface area contributed by atoms with Gasteiger partial charge in [0.25, 0.3) is 0 Å². The third-order valence-electron chi connectivity index (χ3n) is 3.92. The first kappa shape index (κ1) is 13.9. The Balaban J connectivity index is 2.09. The van der Waals surface area contributed by atoms with E-state index in [1.807, 2.05) is 31.2 Å². The van der Waals surface area contributed by atoms with Crippen LogP contribution >= 0.6 is 0 Å². The summed E-state index contributed by atoms with van der Waals surface area (Å²) in [7, 11) is 1.68. The molecule has 0 aliphatic carbocycles. The Morgan fingerprint density at radius 2 is 2.10 bits per heavy atom. The van der Waals surface area contributed by atoms with Crippen molar-refractivity contribution in [1.29, 1.82) is 0 Å². The summed E-state index contributed by atoms with van der Waals surface area (Å²) in [5, 5.41) is 0. The fraction of sp³-hybridized carbons (Fsp3) is 0.294. The van der Waals surface area contributed by atoms with E-state index in [-0.39, 0.29) is 6.04 Å². The first-order valence-corrected chi connectivity index (χ1v) is 7.10. The summed E-state index contributed by atoms with van der Waals surface area (Å²) in [4.78, 5) is 0. The van der Waals surface area contributed by atoms with E-state index in [1.54, 1.807) is 7.11 Å². The van der Waals surface area contributed by atoms with Gasteiger partial charge in [-0.1, -0.05) is 30.3 Å². The van der Waals surface area contributed by atoms with Crippen molar-refractivity contribution in [3.05, 3.63) is 58.7 Å². The molecule has 0 fully saturated rings. The third-order valence-corrected chi connectivity index (χ3v) is 3.92. The van der Waals surface area contributed by atoms with Gasteiger partial charge >= 0.3 is 0 Å². The second-order valence-corrected chi connectivity index (χ2v) is 5.28. The Morgan fingerprint density at radius 1 is 1.24 bits per heavy atom. The van der Waals surface area contributed by atoms with Gasteiger partial charge in [-0.2, -0.15) is 0 Å². The van der Waals surface area contributed by atoms with E-state index in [2.05, 4.69) is 17.6 Å². The lowest BCUT2D eigenvalue weighted by Gasteiger charge is -2.21. The maximum atomic E-state index is 5.83. The van der Waals surface area contributed by atoms with Crippen LogP contribution in [0, 0.1) is 6.92 Å². The van der Waals surface area contributed by atoms with Crippen molar-refractivity contribution in [3.8, 4) is 11.5 Å². The molecule has 0 aromatic heterocycles. The Hall–Kier alpha value is -2.04. The minimum absolute atomic E-state index is 0.159. The standard InChI is InChI=1S/C17H20N2O2/c1-11-6-7-13(15(10-11)20-2)16(19-18)14-5-3-4-12-8-9-21-17(12)14/h3-7,10,16,19H,8-9,18H2,1-2H3. The molecular formula is C17H20N2O2. The zero-order chi connectivity index (χ0) is 14.8. The van der Waals surface area contributed by atoms with Crippen LogP contribution in [0.5, 0.6) is 11.5 Å². The van der Waals surface area contributed by atoms with Crippen molar-refractivity contribution in [1.82, 2.24) is 5.43 Å². The Morgan fingerprint density at radius 3 is 2.86 bits per heavy atom.